The molecule has 0 aliphatic rings. The summed E-state index contributed by atoms with van der Waals surface area (Å²) < 4.78 is 5.43. The zero-order valence-corrected chi connectivity index (χ0v) is 15.2. The summed E-state index contributed by atoms with van der Waals surface area (Å²) in [7, 11) is 0. The Morgan fingerprint density at radius 2 is 1.74 bits per heavy atom. The Labute approximate surface area is 163 Å². The van der Waals surface area contributed by atoms with Gasteiger partial charge in [-0.05, 0) is 47.0 Å². The Hall–Kier alpha value is -3.35. The standard InChI is InChI=1S/C23H16ClNO2/c24-21-11-9-19(10-12-21)20(16-25)13-18-7-4-8-22(14-18)27-23(26)15-17-5-2-1-3-6-17/h1-14H,15H2/b20-13-. The number of nitriles is 1. The van der Waals surface area contributed by atoms with Crippen LogP contribution in [-0.2, 0) is 11.2 Å². The molecule has 0 aliphatic heterocycles. The van der Waals surface area contributed by atoms with Gasteiger partial charge in [-0.3, -0.25) is 4.79 Å². The van der Waals surface area contributed by atoms with Gasteiger partial charge in [-0.25, -0.2) is 0 Å². The third kappa shape index (κ3) is 5.31. The lowest BCUT2D eigenvalue weighted by Gasteiger charge is -2.06. The first kappa shape index (κ1) is 18.4. The molecule has 3 aromatic carbocycles. The Balaban J connectivity index is 1.75. The van der Waals surface area contributed by atoms with Gasteiger partial charge in [-0.15, -0.1) is 0 Å². The minimum atomic E-state index is -0.333. The number of esters is 1. The molecule has 0 saturated carbocycles. The van der Waals surface area contributed by atoms with Crippen molar-refractivity contribution in [3.05, 3.63) is 101 Å². The van der Waals surface area contributed by atoms with E-state index in [2.05, 4.69) is 6.07 Å². The predicted molar refractivity (Wildman–Crippen MR) is 107 cm³/mol. The van der Waals surface area contributed by atoms with Crippen LogP contribution in [0.4, 0.5) is 0 Å². The maximum absolute atomic E-state index is 12.1. The van der Waals surface area contributed by atoms with Crippen LogP contribution < -0.4 is 4.74 Å². The molecular formula is C23H16ClNO2. The number of allylic oxidation sites excluding steroid dienone is 1. The lowest BCUT2D eigenvalue weighted by Crippen LogP contribution is -2.11. The molecule has 4 heteroatoms. The molecule has 0 saturated heterocycles. The molecule has 0 aromatic heterocycles. The van der Waals surface area contributed by atoms with Gasteiger partial charge in [-0.1, -0.05) is 66.2 Å². The molecule has 0 spiro atoms. The van der Waals surface area contributed by atoms with E-state index in [1.807, 2.05) is 36.4 Å². The third-order valence-corrected chi connectivity index (χ3v) is 4.12. The number of carbonyl (C=O) groups excluding carboxylic acids is 1. The highest BCUT2D eigenvalue weighted by molar-refractivity contribution is 6.30. The van der Waals surface area contributed by atoms with Gasteiger partial charge < -0.3 is 4.74 Å². The van der Waals surface area contributed by atoms with Crippen LogP contribution in [0.5, 0.6) is 5.75 Å². The average Bonchev–Trinajstić information content (AvgIpc) is 2.68. The van der Waals surface area contributed by atoms with Crippen LogP contribution in [0.1, 0.15) is 16.7 Å². The molecule has 3 rings (SSSR count). The fraction of sp³-hybridized carbons (Fsp3) is 0.0435. The summed E-state index contributed by atoms with van der Waals surface area (Å²) in [5.41, 5.74) is 2.94. The second-order valence-electron chi connectivity index (χ2n) is 5.89. The zero-order chi connectivity index (χ0) is 19.1. The average molecular weight is 374 g/mol. The summed E-state index contributed by atoms with van der Waals surface area (Å²) in [5, 5.41) is 10.1. The quantitative estimate of drug-likeness (QED) is 0.255. The Morgan fingerprint density at radius 3 is 2.44 bits per heavy atom. The minimum absolute atomic E-state index is 0.203. The van der Waals surface area contributed by atoms with E-state index in [-0.39, 0.29) is 12.4 Å². The van der Waals surface area contributed by atoms with Crippen molar-refractivity contribution < 1.29 is 9.53 Å². The number of carbonyl (C=O) groups is 1. The van der Waals surface area contributed by atoms with Gasteiger partial charge in [0.2, 0.25) is 0 Å². The second kappa shape index (κ2) is 8.84. The Bertz CT molecular complexity index is 1000. The lowest BCUT2D eigenvalue weighted by atomic mass is 10.0. The topological polar surface area (TPSA) is 50.1 Å². The van der Waals surface area contributed by atoms with E-state index in [1.54, 1.807) is 48.5 Å². The maximum atomic E-state index is 12.1. The molecule has 0 fully saturated rings. The number of hydrogen-bond donors (Lipinski definition) is 0. The lowest BCUT2D eigenvalue weighted by molar-refractivity contribution is -0.133. The number of rotatable bonds is 5. The number of halogens is 1. The van der Waals surface area contributed by atoms with Crippen LogP contribution in [-0.4, -0.2) is 5.97 Å². The molecular weight excluding hydrogens is 358 g/mol. The van der Waals surface area contributed by atoms with E-state index in [0.717, 1.165) is 16.7 Å². The summed E-state index contributed by atoms with van der Waals surface area (Å²) in [6, 6.07) is 25.8. The highest BCUT2D eigenvalue weighted by Gasteiger charge is 2.07. The second-order valence-corrected chi connectivity index (χ2v) is 6.32. The van der Waals surface area contributed by atoms with Crippen molar-refractivity contribution in [1.82, 2.24) is 0 Å². The van der Waals surface area contributed by atoms with E-state index in [4.69, 9.17) is 16.3 Å². The summed E-state index contributed by atoms with van der Waals surface area (Å²) in [6.45, 7) is 0. The normalized spacial score (nSPS) is 10.9. The van der Waals surface area contributed by atoms with Gasteiger partial charge in [0.05, 0.1) is 18.1 Å². The summed E-state index contributed by atoms with van der Waals surface area (Å²) in [6.07, 6.45) is 1.95. The van der Waals surface area contributed by atoms with Crippen molar-refractivity contribution in [3.63, 3.8) is 0 Å². The third-order valence-electron chi connectivity index (χ3n) is 3.87. The minimum Gasteiger partial charge on any atom is -0.426 e. The predicted octanol–water partition coefficient (Wildman–Crippen LogP) is 5.55. The van der Waals surface area contributed by atoms with Crippen molar-refractivity contribution in [2.75, 3.05) is 0 Å². The molecule has 0 amide bonds. The van der Waals surface area contributed by atoms with Gasteiger partial charge >= 0.3 is 5.97 Å². The summed E-state index contributed by atoms with van der Waals surface area (Å²) in [5.74, 6) is 0.110. The van der Waals surface area contributed by atoms with Crippen molar-refractivity contribution in [1.29, 1.82) is 5.26 Å². The number of hydrogen-bond acceptors (Lipinski definition) is 3. The molecule has 0 atom stereocenters. The largest absolute Gasteiger partial charge is 0.426 e. The first-order valence-corrected chi connectivity index (χ1v) is 8.74. The van der Waals surface area contributed by atoms with Gasteiger partial charge in [0, 0.05) is 5.02 Å². The highest BCUT2D eigenvalue weighted by Crippen LogP contribution is 2.22. The highest BCUT2D eigenvalue weighted by atomic mass is 35.5. The van der Waals surface area contributed by atoms with Crippen LogP contribution >= 0.6 is 11.6 Å². The van der Waals surface area contributed by atoms with Crippen molar-refractivity contribution in [2.45, 2.75) is 6.42 Å². The van der Waals surface area contributed by atoms with Gasteiger partial charge in [0.15, 0.2) is 0 Å². The van der Waals surface area contributed by atoms with E-state index in [1.165, 1.54) is 0 Å². The molecule has 0 radical (unpaired) electrons. The van der Waals surface area contributed by atoms with Crippen LogP contribution in [0, 0.1) is 11.3 Å². The molecule has 0 aliphatic carbocycles. The molecule has 27 heavy (non-hydrogen) atoms. The molecule has 0 unspecified atom stereocenters. The molecule has 0 N–H and O–H groups in total. The summed E-state index contributed by atoms with van der Waals surface area (Å²) in [4.78, 5) is 12.1. The van der Waals surface area contributed by atoms with Crippen LogP contribution in [0.15, 0.2) is 78.9 Å². The van der Waals surface area contributed by atoms with Gasteiger partial charge in [0.25, 0.3) is 0 Å². The SMILES string of the molecule is N#C/C(=C/c1cccc(OC(=O)Cc2ccccc2)c1)c1ccc(Cl)cc1. The van der Waals surface area contributed by atoms with Gasteiger partial charge in [0.1, 0.15) is 5.75 Å². The van der Waals surface area contributed by atoms with Crippen LogP contribution in [0.2, 0.25) is 5.02 Å². The first-order chi connectivity index (χ1) is 13.1. The molecule has 132 valence electrons. The maximum Gasteiger partial charge on any atom is 0.315 e. The number of benzene rings is 3. The van der Waals surface area contributed by atoms with E-state index >= 15 is 0 Å². The fourth-order valence-corrected chi connectivity index (χ4v) is 2.70. The fourth-order valence-electron chi connectivity index (χ4n) is 2.57. The number of nitrogens with zero attached hydrogens (tertiary/aromatic N) is 1. The Kier molecular flexibility index (Phi) is 6.04. The van der Waals surface area contributed by atoms with E-state index in [9.17, 15) is 10.1 Å². The summed E-state index contributed by atoms with van der Waals surface area (Å²) >= 11 is 5.90. The van der Waals surface area contributed by atoms with Crippen LogP contribution in [0.3, 0.4) is 0 Å². The molecule has 0 heterocycles. The smallest absolute Gasteiger partial charge is 0.315 e. The first-order valence-electron chi connectivity index (χ1n) is 8.36. The Morgan fingerprint density at radius 1 is 1.00 bits per heavy atom. The van der Waals surface area contributed by atoms with E-state index in [0.29, 0.717) is 16.3 Å². The monoisotopic (exact) mass is 373 g/mol. The molecule has 3 nitrogen and oxygen atoms in total. The van der Waals surface area contributed by atoms with Crippen molar-refractivity contribution in [3.8, 4) is 11.8 Å². The van der Waals surface area contributed by atoms with Crippen molar-refractivity contribution in [2.24, 2.45) is 0 Å². The number of ether oxygens (including phenoxy) is 1. The van der Waals surface area contributed by atoms with Crippen molar-refractivity contribution >= 4 is 29.2 Å². The van der Waals surface area contributed by atoms with Crippen LogP contribution in [0.25, 0.3) is 11.6 Å². The van der Waals surface area contributed by atoms with Gasteiger partial charge in [-0.2, -0.15) is 5.26 Å². The zero-order valence-electron chi connectivity index (χ0n) is 14.4. The molecule has 3 aromatic rings. The molecule has 0 bridgehead atoms. The van der Waals surface area contributed by atoms with E-state index < -0.39 is 0 Å².